The van der Waals surface area contributed by atoms with Crippen molar-refractivity contribution in [3.8, 4) is 17.4 Å². The largest absolute Gasteiger partial charge is 0.457 e. The van der Waals surface area contributed by atoms with Crippen LogP contribution in [0.25, 0.3) is 17.4 Å². The van der Waals surface area contributed by atoms with Crippen molar-refractivity contribution < 1.29 is 14.1 Å². The van der Waals surface area contributed by atoms with Crippen LogP contribution in [-0.2, 0) is 4.79 Å². The van der Waals surface area contributed by atoms with Crippen LogP contribution in [-0.4, -0.2) is 10.8 Å². The lowest BCUT2D eigenvalue weighted by Gasteiger charge is -2.04. The minimum absolute atomic E-state index is 0.0185. The SMILES string of the molecule is Cc1ccc(NC(=O)C(C#N)=Cc2ccc(-c3ccc([N+](=O)[O-])cc3)o2)cc1. The molecule has 1 heterocycles. The number of hydrogen-bond donors (Lipinski definition) is 1. The summed E-state index contributed by atoms with van der Waals surface area (Å²) >= 11 is 0. The zero-order valence-corrected chi connectivity index (χ0v) is 14.9. The van der Waals surface area contributed by atoms with Crippen LogP contribution in [0, 0.1) is 28.4 Å². The molecule has 28 heavy (non-hydrogen) atoms. The Bertz CT molecular complexity index is 1090. The molecule has 1 aromatic heterocycles. The minimum Gasteiger partial charge on any atom is -0.457 e. The van der Waals surface area contributed by atoms with Crippen LogP contribution < -0.4 is 5.32 Å². The van der Waals surface area contributed by atoms with Crippen molar-refractivity contribution in [3.05, 3.63) is 87.7 Å². The lowest BCUT2D eigenvalue weighted by Crippen LogP contribution is -2.13. The Kier molecular flexibility index (Phi) is 5.33. The van der Waals surface area contributed by atoms with Gasteiger partial charge in [-0.3, -0.25) is 14.9 Å². The first-order chi connectivity index (χ1) is 13.5. The number of rotatable bonds is 5. The number of anilines is 1. The molecule has 0 bridgehead atoms. The van der Waals surface area contributed by atoms with Gasteiger partial charge in [-0.2, -0.15) is 5.26 Å². The fraction of sp³-hybridized carbons (Fsp3) is 0.0476. The molecule has 0 atom stereocenters. The molecule has 7 heteroatoms. The van der Waals surface area contributed by atoms with Crippen LogP contribution in [0.2, 0.25) is 0 Å². The number of furan rings is 1. The molecule has 1 N–H and O–H groups in total. The number of nitrogens with zero attached hydrogens (tertiary/aromatic N) is 2. The van der Waals surface area contributed by atoms with Crippen molar-refractivity contribution in [3.63, 3.8) is 0 Å². The summed E-state index contributed by atoms with van der Waals surface area (Å²) in [7, 11) is 0. The second kappa shape index (κ2) is 8.01. The Morgan fingerprint density at radius 3 is 2.39 bits per heavy atom. The Balaban J connectivity index is 1.78. The van der Waals surface area contributed by atoms with E-state index in [1.54, 1.807) is 36.4 Å². The number of hydrogen-bond acceptors (Lipinski definition) is 5. The van der Waals surface area contributed by atoms with Crippen molar-refractivity contribution in [1.29, 1.82) is 5.26 Å². The molecule has 3 rings (SSSR count). The van der Waals surface area contributed by atoms with Crippen LogP contribution in [0.15, 0.2) is 70.7 Å². The maximum atomic E-state index is 12.3. The quantitative estimate of drug-likeness (QED) is 0.301. The van der Waals surface area contributed by atoms with Gasteiger partial charge in [0.1, 0.15) is 23.2 Å². The highest BCUT2D eigenvalue weighted by molar-refractivity contribution is 6.09. The minimum atomic E-state index is -0.542. The summed E-state index contributed by atoms with van der Waals surface area (Å²) in [5.74, 6) is 0.251. The van der Waals surface area contributed by atoms with Gasteiger partial charge >= 0.3 is 0 Å². The number of benzene rings is 2. The average Bonchev–Trinajstić information content (AvgIpc) is 3.16. The van der Waals surface area contributed by atoms with Crippen molar-refractivity contribution in [2.75, 3.05) is 5.32 Å². The molecule has 1 amide bonds. The number of non-ortho nitro benzene ring substituents is 1. The molecule has 0 aliphatic carbocycles. The smallest absolute Gasteiger partial charge is 0.269 e. The van der Waals surface area contributed by atoms with E-state index in [2.05, 4.69) is 5.32 Å². The molecular weight excluding hydrogens is 358 g/mol. The Morgan fingerprint density at radius 1 is 1.11 bits per heavy atom. The Labute approximate surface area is 160 Å². The summed E-state index contributed by atoms with van der Waals surface area (Å²) in [5, 5.41) is 22.7. The van der Waals surface area contributed by atoms with E-state index < -0.39 is 10.8 Å². The van der Waals surface area contributed by atoms with E-state index in [0.717, 1.165) is 5.56 Å². The summed E-state index contributed by atoms with van der Waals surface area (Å²) < 4.78 is 5.64. The number of nitro groups is 1. The molecule has 0 spiro atoms. The third-order valence-electron chi connectivity index (χ3n) is 3.95. The van der Waals surface area contributed by atoms with Gasteiger partial charge < -0.3 is 9.73 Å². The molecular formula is C21H15N3O4. The zero-order chi connectivity index (χ0) is 20.1. The standard InChI is InChI=1S/C21H15N3O4/c1-14-2-6-17(7-3-14)23-21(25)16(13-22)12-19-10-11-20(28-19)15-4-8-18(9-5-15)24(26)27/h2-12H,1H3,(H,23,25). The normalized spacial score (nSPS) is 10.9. The van der Waals surface area contributed by atoms with Crippen molar-refractivity contribution in [1.82, 2.24) is 0 Å². The first kappa shape index (κ1) is 18.6. The summed E-state index contributed by atoms with van der Waals surface area (Å²) in [5.41, 5.74) is 2.17. The van der Waals surface area contributed by atoms with Gasteiger partial charge in [-0.1, -0.05) is 17.7 Å². The molecule has 0 radical (unpaired) electrons. The van der Waals surface area contributed by atoms with E-state index >= 15 is 0 Å². The molecule has 0 unspecified atom stereocenters. The lowest BCUT2D eigenvalue weighted by molar-refractivity contribution is -0.384. The number of aryl methyl sites for hydroxylation is 1. The third kappa shape index (κ3) is 4.31. The second-order valence-corrected chi connectivity index (χ2v) is 6.00. The highest BCUT2D eigenvalue weighted by Crippen LogP contribution is 2.25. The molecule has 0 saturated heterocycles. The number of nitriles is 1. The highest BCUT2D eigenvalue weighted by Gasteiger charge is 2.12. The van der Waals surface area contributed by atoms with Gasteiger partial charge in [-0.05, 0) is 43.3 Å². The third-order valence-corrected chi connectivity index (χ3v) is 3.95. The first-order valence-electron chi connectivity index (χ1n) is 8.31. The summed E-state index contributed by atoms with van der Waals surface area (Å²) in [4.78, 5) is 22.5. The maximum absolute atomic E-state index is 12.3. The maximum Gasteiger partial charge on any atom is 0.269 e. The summed E-state index contributed by atoms with van der Waals surface area (Å²) in [6.45, 7) is 1.94. The van der Waals surface area contributed by atoms with E-state index in [4.69, 9.17) is 4.42 Å². The molecule has 138 valence electrons. The van der Waals surface area contributed by atoms with Gasteiger partial charge in [0.15, 0.2) is 0 Å². The number of carbonyl (C=O) groups is 1. The molecule has 0 aliphatic heterocycles. The topological polar surface area (TPSA) is 109 Å². The van der Waals surface area contributed by atoms with E-state index in [1.807, 2.05) is 25.1 Å². The van der Waals surface area contributed by atoms with Gasteiger partial charge in [0, 0.05) is 29.5 Å². The lowest BCUT2D eigenvalue weighted by atomic mass is 10.1. The van der Waals surface area contributed by atoms with Crippen LogP contribution in [0.5, 0.6) is 0 Å². The highest BCUT2D eigenvalue weighted by atomic mass is 16.6. The predicted octanol–water partition coefficient (Wildman–Crippen LogP) is 4.71. The Morgan fingerprint density at radius 2 is 1.79 bits per heavy atom. The fourth-order valence-corrected chi connectivity index (χ4v) is 2.46. The molecule has 3 aromatic rings. The number of carbonyl (C=O) groups excluding carboxylic acids is 1. The van der Waals surface area contributed by atoms with Crippen molar-refractivity contribution in [2.45, 2.75) is 6.92 Å². The molecule has 7 nitrogen and oxygen atoms in total. The van der Waals surface area contributed by atoms with E-state index in [0.29, 0.717) is 22.8 Å². The molecule has 0 fully saturated rings. The fourth-order valence-electron chi connectivity index (χ4n) is 2.46. The predicted molar refractivity (Wildman–Crippen MR) is 104 cm³/mol. The van der Waals surface area contributed by atoms with Gasteiger partial charge in [0.25, 0.3) is 11.6 Å². The molecule has 0 saturated carbocycles. The number of amides is 1. The summed E-state index contributed by atoms with van der Waals surface area (Å²) in [6.07, 6.45) is 1.35. The Hall–Kier alpha value is -4.18. The molecule has 0 aliphatic rings. The average molecular weight is 373 g/mol. The zero-order valence-electron chi connectivity index (χ0n) is 14.9. The van der Waals surface area contributed by atoms with E-state index in [1.165, 1.54) is 18.2 Å². The van der Waals surface area contributed by atoms with Crippen LogP contribution >= 0.6 is 0 Å². The van der Waals surface area contributed by atoms with Gasteiger partial charge in [-0.15, -0.1) is 0 Å². The molecule has 2 aromatic carbocycles. The first-order valence-corrected chi connectivity index (χ1v) is 8.31. The van der Waals surface area contributed by atoms with Gasteiger partial charge in [-0.25, -0.2) is 0 Å². The summed E-state index contributed by atoms with van der Waals surface area (Å²) in [6, 6.07) is 18.3. The van der Waals surface area contributed by atoms with Gasteiger partial charge in [0.2, 0.25) is 0 Å². The number of nitro benzene ring substituents is 1. The van der Waals surface area contributed by atoms with E-state index in [-0.39, 0.29) is 11.3 Å². The van der Waals surface area contributed by atoms with E-state index in [9.17, 15) is 20.2 Å². The number of nitrogens with one attached hydrogen (secondary N) is 1. The van der Waals surface area contributed by atoms with Gasteiger partial charge in [0.05, 0.1) is 4.92 Å². The second-order valence-electron chi connectivity index (χ2n) is 6.00. The van der Waals surface area contributed by atoms with Crippen LogP contribution in [0.3, 0.4) is 0 Å². The van der Waals surface area contributed by atoms with Crippen molar-refractivity contribution >= 4 is 23.4 Å². The monoisotopic (exact) mass is 373 g/mol. The van der Waals surface area contributed by atoms with Crippen LogP contribution in [0.1, 0.15) is 11.3 Å². The van der Waals surface area contributed by atoms with Crippen LogP contribution in [0.4, 0.5) is 11.4 Å². The van der Waals surface area contributed by atoms with Crippen molar-refractivity contribution in [2.24, 2.45) is 0 Å².